The van der Waals surface area contributed by atoms with Crippen LogP contribution in [0.15, 0.2) is 109 Å². The maximum atomic E-state index is 6.02. The fourth-order valence-electron chi connectivity index (χ4n) is 3.76. The molecule has 0 saturated heterocycles. The number of halogens is 2. The molecule has 5 aromatic rings. The second-order valence-electron chi connectivity index (χ2n) is 7.45. The van der Waals surface area contributed by atoms with E-state index in [1.807, 2.05) is 18.2 Å². The fourth-order valence-corrected chi connectivity index (χ4v) is 4.17. The second kappa shape index (κ2) is 8.96. The Morgan fingerprint density at radius 1 is 0.406 bits per heavy atom. The van der Waals surface area contributed by atoms with Crippen LogP contribution in [0.1, 0.15) is 0 Å². The van der Waals surface area contributed by atoms with E-state index in [0.717, 1.165) is 16.7 Å². The van der Waals surface area contributed by atoms with Crippen molar-refractivity contribution in [3.8, 4) is 44.6 Å². The molecule has 0 saturated carbocycles. The van der Waals surface area contributed by atoms with Crippen molar-refractivity contribution in [1.82, 2.24) is 9.97 Å². The summed E-state index contributed by atoms with van der Waals surface area (Å²) in [4.78, 5) is 8.17. The van der Waals surface area contributed by atoms with Gasteiger partial charge < -0.3 is 0 Å². The summed E-state index contributed by atoms with van der Waals surface area (Å²) < 4.78 is 0. The summed E-state index contributed by atoms with van der Waals surface area (Å²) in [6.45, 7) is 0. The van der Waals surface area contributed by atoms with E-state index in [4.69, 9.17) is 23.2 Å². The van der Waals surface area contributed by atoms with E-state index in [-0.39, 0.29) is 5.28 Å². The van der Waals surface area contributed by atoms with Gasteiger partial charge in [0.25, 0.3) is 0 Å². The topological polar surface area (TPSA) is 25.8 Å². The smallest absolute Gasteiger partial charge is 0.218 e. The van der Waals surface area contributed by atoms with Gasteiger partial charge in [0.2, 0.25) is 5.28 Å². The second-order valence-corrected chi connectivity index (χ2v) is 8.18. The van der Waals surface area contributed by atoms with Crippen LogP contribution in [0.2, 0.25) is 10.4 Å². The van der Waals surface area contributed by atoms with Crippen LogP contribution in [-0.4, -0.2) is 9.97 Å². The first kappa shape index (κ1) is 20.4. The van der Waals surface area contributed by atoms with E-state index in [9.17, 15) is 0 Å². The van der Waals surface area contributed by atoms with Crippen LogP contribution in [0.5, 0.6) is 0 Å². The number of hydrogen-bond donors (Lipinski definition) is 0. The molecule has 0 aliphatic heterocycles. The van der Waals surface area contributed by atoms with Crippen molar-refractivity contribution in [2.45, 2.75) is 0 Å². The van der Waals surface area contributed by atoms with Gasteiger partial charge in [-0.15, -0.1) is 0 Å². The summed E-state index contributed by atoms with van der Waals surface area (Å²) in [6, 6.07) is 37.6. The summed E-state index contributed by atoms with van der Waals surface area (Å²) in [5.74, 6) is 0. The van der Waals surface area contributed by atoms with E-state index in [1.54, 1.807) is 6.07 Å². The Morgan fingerprint density at radius 2 is 0.875 bits per heavy atom. The first-order valence-electron chi connectivity index (χ1n) is 10.2. The van der Waals surface area contributed by atoms with Crippen molar-refractivity contribution in [3.05, 3.63) is 120 Å². The quantitative estimate of drug-likeness (QED) is 0.202. The van der Waals surface area contributed by atoms with Crippen LogP contribution >= 0.6 is 23.2 Å². The van der Waals surface area contributed by atoms with Crippen LogP contribution in [0.25, 0.3) is 44.6 Å². The largest absolute Gasteiger partial charge is 0.224 e. The molecular weight excluding hydrogens is 435 g/mol. The molecule has 1 aromatic heterocycles. The van der Waals surface area contributed by atoms with Crippen molar-refractivity contribution in [2.75, 3.05) is 0 Å². The zero-order valence-corrected chi connectivity index (χ0v) is 18.6. The zero-order chi connectivity index (χ0) is 21.9. The highest BCUT2D eigenvalue weighted by molar-refractivity contribution is 6.32. The Hall–Kier alpha value is -3.46. The van der Waals surface area contributed by atoms with Gasteiger partial charge in [-0.2, -0.15) is 0 Å². The van der Waals surface area contributed by atoms with Crippen molar-refractivity contribution in [2.24, 2.45) is 0 Å². The van der Waals surface area contributed by atoms with Crippen molar-refractivity contribution < 1.29 is 0 Å². The molecule has 154 valence electrons. The number of aromatic nitrogens is 2. The molecule has 0 fully saturated rings. The molecule has 0 radical (unpaired) electrons. The van der Waals surface area contributed by atoms with Crippen molar-refractivity contribution >= 4 is 23.2 Å². The SMILES string of the molecule is Clc1cc(-c2ccc(-c3cccc(-c4cccc(-c5ccccc5)c4)c3)cc2)nc(Cl)n1. The normalized spacial score (nSPS) is 10.8. The van der Waals surface area contributed by atoms with Gasteiger partial charge in [-0.1, -0.05) is 103 Å². The molecule has 0 unspecified atom stereocenters. The van der Waals surface area contributed by atoms with Crippen LogP contribution in [0, 0.1) is 0 Å². The lowest BCUT2D eigenvalue weighted by Gasteiger charge is -2.09. The van der Waals surface area contributed by atoms with E-state index >= 15 is 0 Å². The molecule has 0 aliphatic carbocycles. The average molecular weight is 453 g/mol. The molecule has 4 heteroatoms. The van der Waals surface area contributed by atoms with Gasteiger partial charge in [-0.05, 0) is 57.1 Å². The third kappa shape index (κ3) is 4.43. The highest BCUT2D eigenvalue weighted by Gasteiger charge is 2.07. The molecule has 1 heterocycles. The minimum absolute atomic E-state index is 0.141. The Kier molecular flexibility index (Phi) is 5.72. The summed E-state index contributed by atoms with van der Waals surface area (Å²) in [5.41, 5.74) is 8.71. The molecule has 0 atom stereocenters. The molecule has 0 bridgehead atoms. The molecule has 2 nitrogen and oxygen atoms in total. The van der Waals surface area contributed by atoms with Gasteiger partial charge in [0.15, 0.2) is 0 Å². The van der Waals surface area contributed by atoms with Crippen molar-refractivity contribution in [3.63, 3.8) is 0 Å². The third-order valence-electron chi connectivity index (χ3n) is 5.35. The molecule has 0 N–H and O–H groups in total. The number of rotatable bonds is 4. The third-order valence-corrected chi connectivity index (χ3v) is 5.71. The zero-order valence-electron chi connectivity index (χ0n) is 17.0. The lowest BCUT2D eigenvalue weighted by molar-refractivity contribution is 1.17. The summed E-state index contributed by atoms with van der Waals surface area (Å²) in [5, 5.41) is 0.469. The van der Waals surface area contributed by atoms with Gasteiger partial charge >= 0.3 is 0 Å². The van der Waals surface area contributed by atoms with Crippen molar-refractivity contribution in [1.29, 1.82) is 0 Å². The Labute approximate surface area is 197 Å². The Bertz CT molecular complexity index is 1360. The highest BCUT2D eigenvalue weighted by atomic mass is 35.5. The van der Waals surface area contributed by atoms with E-state index in [2.05, 4.69) is 94.9 Å². The maximum Gasteiger partial charge on any atom is 0.224 e. The van der Waals surface area contributed by atoms with Gasteiger partial charge in [0.05, 0.1) is 5.69 Å². The monoisotopic (exact) mass is 452 g/mol. The minimum atomic E-state index is 0.141. The standard InChI is InChI=1S/C28H18Cl2N2/c29-27-18-26(31-28(30)32-27)21-14-12-20(13-15-21)23-9-5-11-25(17-23)24-10-4-8-22(16-24)19-6-2-1-3-7-19/h1-18H. The molecule has 0 spiro atoms. The molecular formula is C28H18Cl2N2. The number of hydrogen-bond acceptors (Lipinski definition) is 2. The first-order chi connectivity index (χ1) is 15.7. The number of nitrogens with zero attached hydrogens (tertiary/aromatic N) is 2. The van der Waals surface area contributed by atoms with E-state index < -0.39 is 0 Å². The van der Waals surface area contributed by atoms with Gasteiger partial charge in [-0.3, -0.25) is 0 Å². The molecule has 5 rings (SSSR count). The first-order valence-corrected chi connectivity index (χ1v) is 11.0. The van der Waals surface area contributed by atoms with Crippen LogP contribution < -0.4 is 0 Å². The average Bonchev–Trinajstić information content (AvgIpc) is 2.84. The Morgan fingerprint density at radius 3 is 1.44 bits per heavy atom. The lowest BCUT2D eigenvalue weighted by Crippen LogP contribution is -1.88. The predicted octanol–water partition coefficient (Wildman–Crippen LogP) is 8.45. The van der Waals surface area contributed by atoms with Gasteiger partial charge in [-0.25, -0.2) is 9.97 Å². The maximum absolute atomic E-state index is 6.02. The van der Waals surface area contributed by atoms with Gasteiger partial charge in [0.1, 0.15) is 5.15 Å². The highest BCUT2D eigenvalue weighted by Crippen LogP contribution is 2.31. The summed E-state index contributed by atoms with van der Waals surface area (Å²) in [7, 11) is 0. The summed E-state index contributed by atoms with van der Waals surface area (Å²) >= 11 is 12.0. The minimum Gasteiger partial charge on any atom is -0.218 e. The van der Waals surface area contributed by atoms with E-state index in [1.165, 1.54) is 22.3 Å². The number of benzene rings is 4. The Balaban J connectivity index is 1.46. The lowest BCUT2D eigenvalue weighted by atomic mass is 9.96. The predicted molar refractivity (Wildman–Crippen MR) is 134 cm³/mol. The van der Waals surface area contributed by atoms with E-state index in [0.29, 0.717) is 10.8 Å². The molecule has 4 aromatic carbocycles. The molecule has 0 amide bonds. The van der Waals surface area contributed by atoms with Crippen LogP contribution in [0.3, 0.4) is 0 Å². The summed E-state index contributed by atoms with van der Waals surface area (Å²) in [6.07, 6.45) is 0. The fraction of sp³-hybridized carbons (Fsp3) is 0. The molecule has 32 heavy (non-hydrogen) atoms. The van der Waals surface area contributed by atoms with Gasteiger partial charge in [0, 0.05) is 11.6 Å². The molecule has 0 aliphatic rings. The van der Waals surface area contributed by atoms with Crippen LogP contribution in [0.4, 0.5) is 0 Å². The van der Waals surface area contributed by atoms with Crippen LogP contribution in [-0.2, 0) is 0 Å².